The smallest absolute Gasteiger partial charge is 0.0892 e. The molecular weight excluding hydrogens is 250 g/mol. The Bertz CT molecular complexity index is 682. The van der Waals surface area contributed by atoms with Gasteiger partial charge in [0.1, 0.15) is 0 Å². The van der Waals surface area contributed by atoms with E-state index in [0.717, 1.165) is 30.7 Å². The Morgan fingerprint density at radius 3 is 2.85 bits per heavy atom. The number of benzene rings is 1. The fraction of sp³-hybridized carbons (Fsp3) is 0.375. The number of likely N-dealkylation sites (N-methyl/N-ethyl adjacent to an activating group) is 1. The van der Waals surface area contributed by atoms with Gasteiger partial charge in [-0.2, -0.15) is 0 Å². The highest BCUT2D eigenvalue weighted by atomic mass is 16.5. The number of hydrogen-bond acceptors (Lipinski definition) is 4. The zero-order valence-corrected chi connectivity index (χ0v) is 11.5. The number of hydrogen-bond donors (Lipinski definition) is 0. The van der Waals surface area contributed by atoms with Crippen LogP contribution >= 0.6 is 0 Å². The second-order valence-corrected chi connectivity index (χ2v) is 5.58. The minimum atomic E-state index is 0.398. The molecule has 1 aromatic carbocycles. The van der Waals surface area contributed by atoms with Crippen molar-refractivity contribution in [1.29, 1.82) is 0 Å². The Hall–Kier alpha value is -1.78. The Morgan fingerprint density at radius 2 is 2.00 bits per heavy atom. The van der Waals surface area contributed by atoms with Crippen LogP contribution in [0.25, 0.3) is 16.6 Å². The minimum Gasteiger partial charge on any atom is -0.378 e. The van der Waals surface area contributed by atoms with Crippen molar-refractivity contribution in [2.45, 2.75) is 18.5 Å². The van der Waals surface area contributed by atoms with Crippen LogP contribution < -0.4 is 0 Å². The zero-order valence-electron chi connectivity index (χ0n) is 11.5. The molecule has 0 amide bonds. The van der Waals surface area contributed by atoms with Crippen molar-refractivity contribution < 1.29 is 4.74 Å². The first kappa shape index (κ1) is 12.0. The summed E-state index contributed by atoms with van der Waals surface area (Å²) < 4.78 is 5.65. The number of aromatic nitrogens is 2. The van der Waals surface area contributed by atoms with Gasteiger partial charge in [-0.3, -0.25) is 14.9 Å². The quantitative estimate of drug-likeness (QED) is 0.793. The van der Waals surface area contributed by atoms with E-state index < -0.39 is 0 Å². The molecule has 2 atom stereocenters. The second-order valence-electron chi connectivity index (χ2n) is 5.58. The van der Waals surface area contributed by atoms with Crippen LogP contribution in [0.2, 0.25) is 0 Å². The van der Waals surface area contributed by atoms with Gasteiger partial charge >= 0.3 is 0 Å². The zero-order chi connectivity index (χ0) is 13.5. The molecule has 4 nitrogen and oxygen atoms in total. The molecule has 102 valence electrons. The van der Waals surface area contributed by atoms with Gasteiger partial charge in [-0.05, 0) is 36.7 Å². The standard InChI is InChI=1S/C16H17N3O/c1-19-13-6-12(7-14(19)10-20-9-13)11-2-3-15-16(8-11)18-5-4-17-15/h2-6,8,13-14H,7,9-10H2,1H3. The second kappa shape index (κ2) is 4.65. The van der Waals surface area contributed by atoms with Gasteiger partial charge in [0.05, 0.1) is 30.3 Å². The van der Waals surface area contributed by atoms with Crippen LogP contribution in [0, 0.1) is 0 Å². The number of rotatable bonds is 1. The van der Waals surface area contributed by atoms with Gasteiger partial charge in [-0.25, -0.2) is 0 Å². The summed E-state index contributed by atoms with van der Waals surface area (Å²) in [4.78, 5) is 11.2. The molecule has 0 aliphatic carbocycles. The molecule has 0 radical (unpaired) electrons. The molecule has 2 aliphatic heterocycles. The average molecular weight is 267 g/mol. The molecule has 4 heteroatoms. The van der Waals surface area contributed by atoms with Crippen LogP contribution in [0.15, 0.2) is 36.7 Å². The molecule has 2 unspecified atom stereocenters. The van der Waals surface area contributed by atoms with E-state index >= 15 is 0 Å². The van der Waals surface area contributed by atoms with Crippen molar-refractivity contribution in [3.8, 4) is 0 Å². The first-order chi connectivity index (χ1) is 9.81. The Labute approximate surface area is 118 Å². The molecule has 1 fully saturated rings. The first-order valence-corrected chi connectivity index (χ1v) is 7.03. The predicted octanol–water partition coefficient (Wildman–Crippen LogP) is 2.12. The van der Waals surface area contributed by atoms with E-state index in [-0.39, 0.29) is 0 Å². The Balaban J connectivity index is 1.75. The summed E-state index contributed by atoms with van der Waals surface area (Å²) in [7, 11) is 2.19. The maximum Gasteiger partial charge on any atom is 0.0892 e. The van der Waals surface area contributed by atoms with Crippen molar-refractivity contribution in [3.05, 3.63) is 42.2 Å². The van der Waals surface area contributed by atoms with Crippen molar-refractivity contribution in [2.75, 3.05) is 20.3 Å². The fourth-order valence-electron chi connectivity index (χ4n) is 3.13. The predicted molar refractivity (Wildman–Crippen MR) is 78.3 cm³/mol. The molecule has 2 aliphatic rings. The fourth-order valence-corrected chi connectivity index (χ4v) is 3.13. The van der Waals surface area contributed by atoms with Gasteiger partial charge < -0.3 is 4.74 Å². The van der Waals surface area contributed by atoms with Gasteiger partial charge in [0, 0.05) is 18.4 Å². The van der Waals surface area contributed by atoms with Crippen LogP contribution in [-0.2, 0) is 4.74 Å². The van der Waals surface area contributed by atoms with Crippen LogP contribution in [0.3, 0.4) is 0 Å². The van der Waals surface area contributed by atoms with Gasteiger partial charge in [-0.15, -0.1) is 0 Å². The number of ether oxygens (including phenoxy) is 1. The highest BCUT2D eigenvalue weighted by Gasteiger charge is 2.32. The van der Waals surface area contributed by atoms with Crippen molar-refractivity contribution in [2.24, 2.45) is 0 Å². The SMILES string of the molecule is CN1C2C=C(c3ccc4nccnc4c3)CC1COC2. The lowest BCUT2D eigenvalue weighted by molar-refractivity contribution is -0.0221. The third-order valence-corrected chi connectivity index (χ3v) is 4.39. The molecule has 0 spiro atoms. The summed E-state index contributed by atoms with van der Waals surface area (Å²) in [6.07, 6.45) is 6.86. The summed E-state index contributed by atoms with van der Waals surface area (Å²) in [6, 6.07) is 7.26. The average Bonchev–Trinajstić information content (AvgIpc) is 2.46. The number of morpholine rings is 1. The first-order valence-electron chi connectivity index (χ1n) is 7.03. The number of fused-ring (bicyclic) bond motifs is 3. The monoisotopic (exact) mass is 267 g/mol. The van der Waals surface area contributed by atoms with Crippen molar-refractivity contribution >= 4 is 16.6 Å². The van der Waals surface area contributed by atoms with E-state index in [4.69, 9.17) is 4.74 Å². The van der Waals surface area contributed by atoms with Crippen molar-refractivity contribution in [1.82, 2.24) is 14.9 Å². The van der Waals surface area contributed by atoms with Gasteiger partial charge in [0.15, 0.2) is 0 Å². The lowest BCUT2D eigenvalue weighted by Crippen LogP contribution is -2.51. The maximum absolute atomic E-state index is 5.65. The van der Waals surface area contributed by atoms with Crippen LogP contribution in [-0.4, -0.2) is 47.2 Å². The third kappa shape index (κ3) is 1.92. The van der Waals surface area contributed by atoms with E-state index in [2.05, 4.69) is 46.2 Å². The lowest BCUT2D eigenvalue weighted by Gasteiger charge is -2.42. The molecule has 4 rings (SSSR count). The molecule has 0 saturated carbocycles. The Morgan fingerprint density at radius 1 is 1.15 bits per heavy atom. The lowest BCUT2D eigenvalue weighted by atomic mass is 9.90. The largest absolute Gasteiger partial charge is 0.378 e. The van der Waals surface area contributed by atoms with E-state index in [1.807, 2.05) is 0 Å². The normalized spacial score (nSPS) is 26.6. The van der Waals surface area contributed by atoms with Gasteiger partial charge in [-0.1, -0.05) is 12.1 Å². The maximum atomic E-state index is 5.65. The molecule has 1 saturated heterocycles. The van der Waals surface area contributed by atoms with Crippen LogP contribution in [0.1, 0.15) is 12.0 Å². The van der Waals surface area contributed by atoms with E-state index in [1.165, 1.54) is 11.1 Å². The Kier molecular flexibility index (Phi) is 2.79. The van der Waals surface area contributed by atoms with Crippen LogP contribution in [0.5, 0.6) is 0 Å². The van der Waals surface area contributed by atoms with Gasteiger partial charge in [0.25, 0.3) is 0 Å². The summed E-state index contributed by atoms with van der Waals surface area (Å²) in [5.41, 5.74) is 4.59. The highest BCUT2D eigenvalue weighted by Crippen LogP contribution is 2.32. The third-order valence-electron chi connectivity index (χ3n) is 4.39. The molecular formula is C16H17N3O. The van der Waals surface area contributed by atoms with Gasteiger partial charge in [0.2, 0.25) is 0 Å². The summed E-state index contributed by atoms with van der Waals surface area (Å²) >= 11 is 0. The van der Waals surface area contributed by atoms with Crippen molar-refractivity contribution in [3.63, 3.8) is 0 Å². The molecule has 1 aromatic heterocycles. The number of nitrogens with zero attached hydrogens (tertiary/aromatic N) is 3. The molecule has 0 N–H and O–H groups in total. The van der Waals surface area contributed by atoms with E-state index in [0.29, 0.717) is 12.1 Å². The molecule has 2 aromatic rings. The van der Waals surface area contributed by atoms with Crippen LogP contribution in [0.4, 0.5) is 0 Å². The molecule has 3 heterocycles. The van der Waals surface area contributed by atoms with E-state index in [9.17, 15) is 0 Å². The summed E-state index contributed by atoms with van der Waals surface area (Å²) in [6.45, 7) is 1.63. The minimum absolute atomic E-state index is 0.398. The topological polar surface area (TPSA) is 38.2 Å². The highest BCUT2D eigenvalue weighted by molar-refractivity contribution is 5.80. The summed E-state index contributed by atoms with van der Waals surface area (Å²) in [5.74, 6) is 0. The molecule has 20 heavy (non-hydrogen) atoms. The summed E-state index contributed by atoms with van der Waals surface area (Å²) in [5, 5.41) is 0. The molecule has 2 bridgehead atoms. The van der Waals surface area contributed by atoms with E-state index in [1.54, 1.807) is 12.4 Å².